The van der Waals surface area contributed by atoms with Crippen molar-refractivity contribution >= 4 is 11.9 Å². The molecule has 1 aromatic heterocycles. The molecule has 2 aromatic rings. The number of fused-ring (bicyclic) bond motifs is 2. The van der Waals surface area contributed by atoms with E-state index in [9.17, 15) is 9.59 Å². The van der Waals surface area contributed by atoms with Crippen LogP contribution in [0.25, 0.3) is 0 Å². The highest BCUT2D eigenvalue weighted by Gasteiger charge is 2.32. The number of nitrogens with zero attached hydrogens (tertiary/aromatic N) is 3. The molecule has 0 saturated heterocycles. The molecule has 122 valence electrons. The van der Waals surface area contributed by atoms with Crippen LogP contribution in [0, 0.1) is 5.92 Å². The molecule has 2 aliphatic rings. The third kappa shape index (κ3) is 2.54. The van der Waals surface area contributed by atoms with Crippen molar-refractivity contribution in [3.8, 4) is 0 Å². The Morgan fingerprint density at radius 1 is 1.17 bits per heavy atom. The molecule has 0 spiro atoms. The Hall–Kier alpha value is -2.76. The quantitative estimate of drug-likeness (QED) is 0.911. The molecule has 0 saturated carbocycles. The predicted octanol–water partition coefficient (Wildman–Crippen LogP) is 1.82. The Kier molecular flexibility index (Phi) is 3.52. The van der Waals surface area contributed by atoms with Gasteiger partial charge in [0.1, 0.15) is 6.33 Å². The van der Waals surface area contributed by atoms with Gasteiger partial charge in [0.05, 0.1) is 5.56 Å². The molecule has 0 fully saturated rings. The monoisotopic (exact) mass is 323 g/mol. The third-order valence-corrected chi connectivity index (χ3v) is 4.91. The lowest BCUT2D eigenvalue weighted by Crippen LogP contribution is -2.35. The summed E-state index contributed by atoms with van der Waals surface area (Å²) < 4.78 is 0. The van der Waals surface area contributed by atoms with Gasteiger partial charge >= 0.3 is 5.97 Å². The molecule has 4 rings (SSSR count). The fourth-order valence-corrected chi connectivity index (χ4v) is 3.61. The number of aromatic carboxylic acids is 1. The van der Waals surface area contributed by atoms with Gasteiger partial charge in [-0.3, -0.25) is 4.79 Å². The summed E-state index contributed by atoms with van der Waals surface area (Å²) in [6, 6.07) is 5.09. The minimum absolute atomic E-state index is 0.0447. The van der Waals surface area contributed by atoms with Crippen molar-refractivity contribution in [1.82, 2.24) is 14.9 Å². The molecule has 1 aromatic carbocycles. The van der Waals surface area contributed by atoms with E-state index in [0.29, 0.717) is 19.5 Å². The van der Waals surface area contributed by atoms with E-state index in [2.05, 4.69) is 9.97 Å². The van der Waals surface area contributed by atoms with Gasteiger partial charge in [0.25, 0.3) is 0 Å². The maximum Gasteiger partial charge on any atom is 0.335 e. The number of carbonyl (C=O) groups excluding carboxylic acids is 1. The molecule has 1 N–H and O–H groups in total. The molecule has 6 nitrogen and oxygen atoms in total. The first-order chi connectivity index (χ1) is 11.6. The van der Waals surface area contributed by atoms with Gasteiger partial charge in [0.2, 0.25) is 5.91 Å². The number of benzene rings is 1. The van der Waals surface area contributed by atoms with Gasteiger partial charge in [-0.2, -0.15) is 0 Å². The Balaban J connectivity index is 1.50. The number of hydrogen-bond donors (Lipinski definition) is 1. The van der Waals surface area contributed by atoms with Crippen LogP contribution in [0.15, 0.2) is 30.7 Å². The molecule has 1 amide bonds. The molecule has 1 unspecified atom stereocenters. The lowest BCUT2D eigenvalue weighted by Gasteiger charge is -2.26. The van der Waals surface area contributed by atoms with E-state index >= 15 is 0 Å². The average molecular weight is 323 g/mol. The van der Waals surface area contributed by atoms with Crippen LogP contribution in [0.1, 0.15) is 39.2 Å². The summed E-state index contributed by atoms with van der Waals surface area (Å²) in [6.45, 7) is 1.05. The Labute approximate surface area is 139 Å². The maximum atomic E-state index is 12.9. The summed E-state index contributed by atoms with van der Waals surface area (Å²) in [6.07, 6.45) is 5.65. The van der Waals surface area contributed by atoms with Gasteiger partial charge in [0.15, 0.2) is 0 Å². The first-order valence-electron chi connectivity index (χ1n) is 8.03. The van der Waals surface area contributed by atoms with Crippen LogP contribution in [0.2, 0.25) is 0 Å². The first-order valence-corrected chi connectivity index (χ1v) is 8.03. The van der Waals surface area contributed by atoms with E-state index in [1.165, 1.54) is 0 Å². The van der Waals surface area contributed by atoms with Crippen molar-refractivity contribution in [2.45, 2.75) is 32.4 Å². The van der Waals surface area contributed by atoms with Gasteiger partial charge < -0.3 is 10.0 Å². The van der Waals surface area contributed by atoms with Crippen LogP contribution >= 0.6 is 0 Å². The van der Waals surface area contributed by atoms with Gasteiger partial charge in [-0.1, -0.05) is 6.07 Å². The lowest BCUT2D eigenvalue weighted by molar-refractivity contribution is -0.136. The molecule has 1 atom stereocenters. The van der Waals surface area contributed by atoms with Crippen LogP contribution < -0.4 is 0 Å². The molecule has 0 radical (unpaired) electrons. The van der Waals surface area contributed by atoms with Crippen molar-refractivity contribution in [2.75, 3.05) is 0 Å². The number of carboxylic acid groups (broad SMARTS) is 1. The fourth-order valence-electron chi connectivity index (χ4n) is 3.61. The highest BCUT2D eigenvalue weighted by atomic mass is 16.4. The van der Waals surface area contributed by atoms with Crippen molar-refractivity contribution in [1.29, 1.82) is 0 Å². The van der Waals surface area contributed by atoms with Crippen molar-refractivity contribution in [3.63, 3.8) is 0 Å². The number of amides is 1. The van der Waals surface area contributed by atoms with Crippen LogP contribution in [0.3, 0.4) is 0 Å². The van der Waals surface area contributed by atoms with E-state index in [4.69, 9.17) is 5.11 Å². The lowest BCUT2D eigenvalue weighted by atomic mass is 9.86. The van der Waals surface area contributed by atoms with Crippen molar-refractivity contribution in [2.24, 2.45) is 5.92 Å². The van der Waals surface area contributed by atoms with Crippen LogP contribution in [0.5, 0.6) is 0 Å². The normalized spacial score (nSPS) is 18.8. The van der Waals surface area contributed by atoms with E-state index in [1.807, 2.05) is 11.0 Å². The average Bonchev–Trinajstić information content (AvgIpc) is 3.03. The maximum absolute atomic E-state index is 12.9. The summed E-state index contributed by atoms with van der Waals surface area (Å²) >= 11 is 0. The van der Waals surface area contributed by atoms with E-state index in [1.54, 1.807) is 24.7 Å². The number of hydrogen-bond acceptors (Lipinski definition) is 4. The fraction of sp³-hybridized carbons (Fsp3) is 0.333. The topological polar surface area (TPSA) is 83.4 Å². The highest BCUT2D eigenvalue weighted by molar-refractivity contribution is 5.88. The largest absolute Gasteiger partial charge is 0.478 e. The Morgan fingerprint density at radius 3 is 2.83 bits per heavy atom. The summed E-state index contributed by atoms with van der Waals surface area (Å²) in [4.78, 5) is 34.1. The molecule has 24 heavy (non-hydrogen) atoms. The number of carboxylic acids is 1. The minimum atomic E-state index is -0.938. The van der Waals surface area contributed by atoms with E-state index in [-0.39, 0.29) is 17.4 Å². The van der Waals surface area contributed by atoms with Crippen LogP contribution in [0.4, 0.5) is 0 Å². The van der Waals surface area contributed by atoms with Gasteiger partial charge in [-0.25, -0.2) is 14.8 Å². The SMILES string of the molecule is O=C(O)c1ccc2c(c1)CN(C(=O)C1CCc3ncncc3C1)C2. The summed E-state index contributed by atoms with van der Waals surface area (Å²) in [5.41, 5.74) is 4.35. The van der Waals surface area contributed by atoms with Gasteiger partial charge in [-0.05, 0) is 48.1 Å². The van der Waals surface area contributed by atoms with Gasteiger partial charge in [-0.15, -0.1) is 0 Å². The van der Waals surface area contributed by atoms with Crippen LogP contribution in [-0.2, 0) is 30.7 Å². The number of aryl methyl sites for hydroxylation is 1. The zero-order valence-electron chi connectivity index (χ0n) is 13.1. The zero-order chi connectivity index (χ0) is 16.7. The highest BCUT2D eigenvalue weighted by Crippen LogP contribution is 2.30. The zero-order valence-corrected chi connectivity index (χ0v) is 13.1. The smallest absolute Gasteiger partial charge is 0.335 e. The second-order valence-electron chi connectivity index (χ2n) is 6.42. The third-order valence-electron chi connectivity index (χ3n) is 4.91. The van der Waals surface area contributed by atoms with E-state index < -0.39 is 5.97 Å². The minimum Gasteiger partial charge on any atom is -0.478 e. The predicted molar refractivity (Wildman–Crippen MR) is 85.2 cm³/mol. The number of rotatable bonds is 2. The van der Waals surface area contributed by atoms with Crippen molar-refractivity contribution < 1.29 is 14.7 Å². The summed E-state index contributed by atoms with van der Waals surface area (Å²) in [5, 5.41) is 9.10. The standard InChI is InChI=1S/C18H17N3O3/c22-17(11-3-4-16-14(5-11)7-19-10-20-16)21-8-13-2-1-12(18(23)24)6-15(13)9-21/h1-2,6-7,10-11H,3-5,8-9H2,(H,23,24). The molecule has 6 heteroatoms. The molecular formula is C18H17N3O3. The summed E-state index contributed by atoms with van der Waals surface area (Å²) in [7, 11) is 0. The number of aromatic nitrogens is 2. The Bertz CT molecular complexity index is 834. The second kappa shape index (κ2) is 5.70. The van der Waals surface area contributed by atoms with E-state index in [0.717, 1.165) is 35.2 Å². The molecule has 0 bridgehead atoms. The van der Waals surface area contributed by atoms with Crippen molar-refractivity contribution in [3.05, 3.63) is 58.7 Å². The van der Waals surface area contributed by atoms with Crippen LogP contribution in [-0.4, -0.2) is 31.9 Å². The molecule has 1 aliphatic carbocycles. The summed E-state index contributed by atoms with van der Waals surface area (Å²) in [5.74, 6) is -0.846. The number of carbonyl (C=O) groups is 2. The molecule has 1 aliphatic heterocycles. The molecular weight excluding hydrogens is 306 g/mol. The molecule has 2 heterocycles. The first kappa shape index (κ1) is 14.8. The Morgan fingerprint density at radius 2 is 2.00 bits per heavy atom. The second-order valence-corrected chi connectivity index (χ2v) is 6.42. The van der Waals surface area contributed by atoms with Gasteiger partial charge in [0, 0.05) is 30.9 Å².